The Morgan fingerprint density at radius 3 is 2.92 bits per heavy atom. The molecule has 8 heteroatoms. The highest BCUT2D eigenvalue weighted by molar-refractivity contribution is 5.48. The molecule has 4 heterocycles. The summed E-state index contributed by atoms with van der Waals surface area (Å²) >= 11 is 0. The van der Waals surface area contributed by atoms with Crippen LogP contribution < -0.4 is 5.56 Å². The van der Waals surface area contributed by atoms with Crippen molar-refractivity contribution in [2.75, 3.05) is 19.8 Å². The Balaban J connectivity index is 1.68. The van der Waals surface area contributed by atoms with E-state index in [1.54, 1.807) is 13.0 Å². The standard InChI is InChI=1S/C18H22N6O2/c1-11-6-12(2)24-18(20-11)14(8-19-24)9-23-4-5-26-10-16(23)15-7-17(25)22-13(3)21-15/h6-8,16H,4-5,9-10H2,1-3H3,(H,21,22,25). The number of ether oxygens (including phenoxy) is 1. The van der Waals surface area contributed by atoms with Gasteiger partial charge in [-0.15, -0.1) is 0 Å². The fourth-order valence-electron chi connectivity index (χ4n) is 3.52. The fourth-order valence-corrected chi connectivity index (χ4v) is 3.52. The lowest BCUT2D eigenvalue weighted by molar-refractivity contribution is -0.0142. The molecule has 0 aliphatic carbocycles. The second-order valence-corrected chi connectivity index (χ2v) is 6.76. The number of aromatic nitrogens is 5. The zero-order valence-electron chi connectivity index (χ0n) is 15.2. The Morgan fingerprint density at radius 1 is 1.27 bits per heavy atom. The quantitative estimate of drug-likeness (QED) is 0.763. The molecule has 1 saturated heterocycles. The van der Waals surface area contributed by atoms with E-state index in [0.717, 1.165) is 34.8 Å². The minimum absolute atomic E-state index is 0.0643. The van der Waals surface area contributed by atoms with Gasteiger partial charge in [0.2, 0.25) is 0 Å². The molecule has 3 aromatic heterocycles. The van der Waals surface area contributed by atoms with Crippen LogP contribution in [0, 0.1) is 20.8 Å². The molecule has 1 unspecified atom stereocenters. The lowest BCUT2D eigenvalue weighted by Crippen LogP contribution is -2.40. The first kappa shape index (κ1) is 16.9. The molecular weight excluding hydrogens is 332 g/mol. The number of morpholine rings is 1. The number of nitrogens with one attached hydrogen (secondary N) is 1. The summed E-state index contributed by atoms with van der Waals surface area (Å²) in [5.74, 6) is 0.613. The van der Waals surface area contributed by atoms with Crippen molar-refractivity contribution in [1.82, 2.24) is 29.5 Å². The van der Waals surface area contributed by atoms with Gasteiger partial charge in [0.25, 0.3) is 5.56 Å². The molecule has 0 amide bonds. The Hall–Kier alpha value is -2.58. The van der Waals surface area contributed by atoms with Gasteiger partial charge < -0.3 is 9.72 Å². The van der Waals surface area contributed by atoms with Gasteiger partial charge in [-0.25, -0.2) is 14.5 Å². The molecule has 0 bridgehead atoms. The largest absolute Gasteiger partial charge is 0.378 e. The number of hydrogen-bond donors (Lipinski definition) is 1. The van der Waals surface area contributed by atoms with Crippen molar-refractivity contribution < 1.29 is 4.74 Å². The summed E-state index contributed by atoms with van der Waals surface area (Å²) < 4.78 is 7.53. The van der Waals surface area contributed by atoms with E-state index in [2.05, 4.69) is 25.0 Å². The van der Waals surface area contributed by atoms with Crippen LogP contribution in [0.15, 0.2) is 23.1 Å². The van der Waals surface area contributed by atoms with Crippen molar-refractivity contribution in [2.24, 2.45) is 0 Å². The number of nitrogens with zero attached hydrogens (tertiary/aromatic N) is 5. The van der Waals surface area contributed by atoms with Crippen molar-refractivity contribution in [3.8, 4) is 0 Å². The maximum Gasteiger partial charge on any atom is 0.251 e. The molecule has 136 valence electrons. The second kappa shape index (κ2) is 6.62. The molecule has 26 heavy (non-hydrogen) atoms. The fraction of sp³-hybridized carbons (Fsp3) is 0.444. The van der Waals surface area contributed by atoms with E-state index < -0.39 is 0 Å². The first-order valence-electron chi connectivity index (χ1n) is 8.72. The molecule has 1 N–H and O–H groups in total. The van der Waals surface area contributed by atoms with E-state index in [1.165, 1.54) is 0 Å². The second-order valence-electron chi connectivity index (χ2n) is 6.76. The number of rotatable bonds is 3. The number of hydrogen-bond acceptors (Lipinski definition) is 6. The zero-order valence-corrected chi connectivity index (χ0v) is 15.2. The molecule has 0 aromatic carbocycles. The first-order valence-corrected chi connectivity index (χ1v) is 8.72. The van der Waals surface area contributed by atoms with Gasteiger partial charge in [0, 0.05) is 36.1 Å². The molecule has 8 nitrogen and oxygen atoms in total. The third-order valence-electron chi connectivity index (χ3n) is 4.69. The Morgan fingerprint density at radius 2 is 2.12 bits per heavy atom. The predicted octanol–water partition coefficient (Wildman–Crippen LogP) is 1.31. The zero-order chi connectivity index (χ0) is 18.3. The number of fused-ring (bicyclic) bond motifs is 1. The van der Waals surface area contributed by atoms with Gasteiger partial charge in [-0.2, -0.15) is 5.10 Å². The minimum Gasteiger partial charge on any atom is -0.378 e. The van der Waals surface area contributed by atoms with E-state index >= 15 is 0 Å². The van der Waals surface area contributed by atoms with Crippen LogP contribution in [0.4, 0.5) is 0 Å². The van der Waals surface area contributed by atoms with Crippen LogP contribution in [0.3, 0.4) is 0 Å². The molecule has 4 rings (SSSR count). The van der Waals surface area contributed by atoms with Crippen molar-refractivity contribution >= 4 is 5.65 Å². The summed E-state index contributed by atoms with van der Waals surface area (Å²) in [6, 6.07) is 3.51. The summed E-state index contributed by atoms with van der Waals surface area (Å²) in [6.07, 6.45) is 1.87. The molecule has 1 aliphatic rings. The van der Waals surface area contributed by atoms with E-state index in [-0.39, 0.29) is 11.6 Å². The van der Waals surface area contributed by atoms with E-state index in [4.69, 9.17) is 4.74 Å². The average Bonchev–Trinajstić information content (AvgIpc) is 2.97. The summed E-state index contributed by atoms with van der Waals surface area (Å²) in [7, 11) is 0. The van der Waals surface area contributed by atoms with Crippen molar-refractivity contribution in [3.05, 3.63) is 57.2 Å². The SMILES string of the molecule is Cc1cc(C)n2ncc(CN3CCOCC3c3cc(=O)[nH]c(C)n3)c2n1. The van der Waals surface area contributed by atoms with Gasteiger partial charge >= 0.3 is 0 Å². The topological polar surface area (TPSA) is 88.4 Å². The first-order chi connectivity index (χ1) is 12.5. The molecule has 0 radical (unpaired) electrons. The molecule has 1 aliphatic heterocycles. The van der Waals surface area contributed by atoms with E-state index in [1.807, 2.05) is 30.6 Å². The minimum atomic E-state index is -0.137. The van der Waals surface area contributed by atoms with Crippen molar-refractivity contribution in [2.45, 2.75) is 33.4 Å². The Bertz CT molecular complexity index is 1010. The lowest BCUT2D eigenvalue weighted by atomic mass is 10.1. The molecule has 3 aromatic rings. The monoisotopic (exact) mass is 354 g/mol. The van der Waals surface area contributed by atoms with Gasteiger partial charge in [0.15, 0.2) is 5.65 Å². The third kappa shape index (κ3) is 3.13. The van der Waals surface area contributed by atoms with Crippen molar-refractivity contribution in [1.29, 1.82) is 0 Å². The van der Waals surface area contributed by atoms with Crippen LogP contribution >= 0.6 is 0 Å². The van der Waals surface area contributed by atoms with Gasteiger partial charge in [0.1, 0.15) is 5.82 Å². The maximum atomic E-state index is 11.8. The van der Waals surface area contributed by atoms with Crippen LogP contribution in [-0.4, -0.2) is 49.2 Å². The maximum absolute atomic E-state index is 11.8. The Kier molecular flexibility index (Phi) is 4.29. The van der Waals surface area contributed by atoms with Gasteiger partial charge in [0.05, 0.1) is 31.1 Å². The number of aryl methyl sites for hydroxylation is 3. The summed E-state index contributed by atoms with van der Waals surface area (Å²) in [6.45, 7) is 8.42. The van der Waals surface area contributed by atoms with Crippen molar-refractivity contribution in [3.63, 3.8) is 0 Å². The normalized spacial score (nSPS) is 18.5. The average molecular weight is 354 g/mol. The molecule has 1 fully saturated rings. The number of H-pyrrole nitrogens is 1. The van der Waals surface area contributed by atoms with Gasteiger partial charge in [-0.1, -0.05) is 0 Å². The van der Waals surface area contributed by atoms with Crippen LogP contribution in [-0.2, 0) is 11.3 Å². The van der Waals surface area contributed by atoms with E-state index in [0.29, 0.717) is 25.6 Å². The smallest absolute Gasteiger partial charge is 0.251 e. The highest BCUT2D eigenvalue weighted by Crippen LogP contribution is 2.25. The molecule has 0 saturated carbocycles. The summed E-state index contributed by atoms with van der Waals surface area (Å²) in [5.41, 5.74) is 4.57. The van der Waals surface area contributed by atoms with Gasteiger partial charge in [-0.3, -0.25) is 9.69 Å². The Labute approximate surface area is 150 Å². The van der Waals surface area contributed by atoms with Crippen LogP contribution in [0.25, 0.3) is 5.65 Å². The summed E-state index contributed by atoms with van der Waals surface area (Å²) in [4.78, 5) is 26.0. The third-order valence-corrected chi connectivity index (χ3v) is 4.69. The van der Waals surface area contributed by atoms with Crippen LogP contribution in [0.5, 0.6) is 0 Å². The predicted molar refractivity (Wildman–Crippen MR) is 96.0 cm³/mol. The highest BCUT2D eigenvalue weighted by Gasteiger charge is 2.27. The molecule has 1 atom stereocenters. The lowest BCUT2D eigenvalue weighted by Gasteiger charge is -2.34. The summed E-state index contributed by atoms with van der Waals surface area (Å²) in [5, 5.41) is 4.48. The van der Waals surface area contributed by atoms with Gasteiger partial charge in [-0.05, 0) is 26.8 Å². The van der Waals surface area contributed by atoms with E-state index in [9.17, 15) is 4.79 Å². The molecular formula is C18H22N6O2. The number of aromatic amines is 1. The van der Waals surface area contributed by atoms with Crippen LogP contribution in [0.1, 0.15) is 34.5 Å². The molecule has 0 spiro atoms. The highest BCUT2D eigenvalue weighted by atomic mass is 16.5. The van der Waals surface area contributed by atoms with Crippen LogP contribution in [0.2, 0.25) is 0 Å².